The number of ether oxygens (including phenoxy) is 1. The lowest BCUT2D eigenvalue weighted by molar-refractivity contribution is 0.0208. The van der Waals surface area contributed by atoms with Gasteiger partial charge in [-0.25, -0.2) is 4.79 Å². The standard InChI is InChI=1S/C34H39NO3/c1-20(2)27-18-21-11-9-10-14-25(21)29(31(27)35)30-26-16-15-23(34(3,4)5)17-22(26)19-28(32(30)36)33(37)38-24-12-7-6-8-13-24/h9-11,14-20,24,36H,6-8,12-13,35H2,1-5H3. The van der Waals surface area contributed by atoms with Gasteiger partial charge in [0, 0.05) is 16.8 Å². The highest BCUT2D eigenvalue weighted by Crippen LogP contribution is 2.47. The zero-order valence-electron chi connectivity index (χ0n) is 23.2. The minimum atomic E-state index is -0.471. The monoisotopic (exact) mass is 509 g/mol. The third-order valence-corrected chi connectivity index (χ3v) is 8.02. The van der Waals surface area contributed by atoms with Crippen molar-refractivity contribution < 1.29 is 14.6 Å². The summed E-state index contributed by atoms with van der Waals surface area (Å²) in [6, 6.07) is 18.3. The Hall–Kier alpha value is -3.53. The number of carbonyl (C=O) groups excluding carboxylic acids is 1. The van der Waals surface area contributed by atoms with Crippen LogP contribution in [-0.4, -0.2) is 17.2 Å². The minimum absolute atomic E-state index is 0.0698. The van der Waals surface area contributed by atoms with Crippen LogP contribution in [0.25, 0.3) is 32.7 Å². The van der Waals surface area contributed by atoms with Crippen molar-refractivity contribution in [1.29, 1.82) is 0 Å². The van der Waals surface area contributed by atoms with Gasteiger partial charge in [0.05, 0.1) is 0 Å². The number of phenolic OH excluding ortho intramolecular Hbond substituents is 1. The van der Waals surface area contributed by atoms with E-state index in [1.807, 2.05) is 18.2 Å². The maximum atomic E-state index is 13.6. The van der Waals surface area contributed by atoms with Crippen molar-refractivity contribution in [1.82, 2.24) is 0 Å². The zero-order chi connectivity index (χ0) is 27.2. The maximum Gasteiger partial charge on any atom is 0.342 e. The van der Waals surface area contributed by atoms with Crippen molar-refractivity contribution in [2.45, 2.75) is 84.2 Å². The molecule has 198 valence electrons. The first-order valence-electron chi connectivity index (χ1n) is 13.9. The second-order valence-corrected chi connectivity index (χ2v) is 12.1. The number of nitrogens with two attached hydrogens (primary N) is 1. The Kier molecular flexibility index (Phi) is 6.85. The van der Waals surface area contributed by atoms with Gasteiger partial charge in [0.1, 0.15) is 17.4 Å². The number of rotatable bonds is 4. The normalized spacial score (nSPS) is 14.9. The van der Waals surface area contributed by atoms with E-state index in [-0.39, 0.29) is 28.7 Å². The Morgan fingerprint density at radius 1 is 0.921 bits per heavy atom. The minimum Gasteiger partial charge on any atom is -0.506 e. The van der Waals surface area contributed by atoms with E-state index in [4.69, 9.17) is 10.5 Å². The fraction of sp³-hybridized carbons (Fsp3) is 0.382. The summed E-state index contributed by atoms with van der Waals surface area (Å²) in [6.07, 6.45) is 4.93. The van der Waals surface area contributed by atoms with Crippen molar-refractivity contribution in [3.05, 3.63) is 71.3 Å². The second kappa shape index (κ2) is 9.98. The molecule has 0 aliphatic heterocycles. The molecule has 0 unspecified atom stereocenters. The summed E-state index contributed by atoms with van der Waals surface area (Å²) in [5.74, 6) is -0.347. The van der Waals surface area contributed by atoms with Gasteiger partial charge in [-0.1, -0.05) is 83.5 Å². The smallest absolute Gasteiger partial charge is 0.342 e. The Balaban J connectivity index is 1.82. The van der Waals surface area contributed by atoms with Crippen molar-refractivity contribution >= 4 is 33.2 Å². The topological polar surface area (TPSA) is 72.5 Å². The molecule has 0 bridgehead atoms. The van der Waals surface area contributed by atoms with E-state index in [1.165, 1.54) is 6.42 Å². The van der Waals surface area contributed by atoms with Crippen LogP contribution >= 0.6 is 0 Å². The molecule has 4 heteroatoms. The van der Waals surface area contributed by atoms with E-state index >= 15 is 0 Å². The number of phenols is 1. The van der Waals surface area contributed by atoms with Crippen molar-refractivity contribution in [2.75, 3.05) is 5.73 Å². The van der Waals surface area contributed by atoms with Gasteiger partial charge in [0.2, 0.25) is 0 Å². The number of nitrogen functional groups attached to an aromatic ring is 1. The molecule has 0 saturated heterocycles. The third-order valence-electron chi connectivity index (χ3n) is 8.02. The molecule has 1 aliphatic rings. The van der Waals surface area contributed by atoms with Crippen LogP contribution < -0.4 is 5.73 Å². The first kappa shape index (κ1) is 26.1. The number of esters is 1. The van der Waals surface area contributed by atoms with E-state index in [2.05, 4.69) is 65.0 Å². The van der Waals surface area contributed by atoms with Crippen LogP contribution in [0.2, 0.25) is 0 Å². The molecule has 3 N–H and O–H groups in total. The number of hydrogen-bond acceptors (Lipinski definition) is 4. The van der Waals surface area contributed by atoms with Crippen LogP contribution in [0.4, 0.5) is 5.69 Å². The Bertz CT molecular complexity index is 1520. The van der Waals surface area contributed by atoms with E-state index < -0.39 is 5.97 Å². The summed E-state index contributed by atoms with van der Waals surface area (Å²) in [6.45, 7) is 10.8. The lowest BCUT2D eigenvalue weighted by Gasteiger charge is -2.24. The maximum absolute atomic E-state index is 13.6. The molecule has 0 spiro atoms. The molecule has 1 aliphatic carbocycles. The van der Waals surface area contributed by atoms with Crippen LogP contribution in [0.1, 0.15) is 94.1 Å². The van der Waals surface area contributed by atoms with E-state index in [0.717, 1.165) is 63.9 Å². The third kappa shape index (κ3) is 4.73. The zero-order valence-corrected chi connectivity index (χ0v) is 23.2. The van der Waals surface area contributed by atoms with Gasteiger partial charge in [-0.15, -0.1) is 0 Å². The quantitative estimate of drug-likeness (QED) is 0.213. The number of carbonyl (C=O) groups is 1. The molecular formula is C34H39NO3. The van der Waals surface area contributed by atoms with Gasteiger partial charge in [-0.05, 0) is 81.8 Å². The molecule has 0 aromatic heterocycles. The van der Waals surface area contributed by atoms with Crippen LogP contribution in [0.15, 0.2) is 54.6 Å². The fourth-order valence-corrected chi connectivity index (χ4v) is 5.80. The predicted molar refractivity (Wildman–Crippen MR) is 158 cm³/mol. The molecular weight excluding hydrogens is 470 g/mol. The van der Waals surface area contributed by atoms with Crippen molar-refractivity contribution in [3.8, 4) is 16.9 Å². The molecule has 38 heavy (non-hydrogen) atoms. The first-order chi connectivity index (χ1) is 18.1. The average molecular weight is 510 g/mol. The molecule has 5 rings (SSSR count). The lowest BCUT2D eigenvalue weighted by Crippen LogP contribution is -2.21. The molecule has 4 nitrogen and oxygen atoms in total. The van der Waals surface area contributed by atoms with Gasteiger partial charge in [-0.3, -0.25) is 0 Å². The Morgan fingerprint density at radius 2 is 1.61 bits per heavy atom. The van der Waals surface area contributed by atoms with E-state index in [1.54, 1.807) is 6.07 Å². The van der Waals surface area contributed by atoms with Gasteiger partial charge >= 0.3 is 5.97 Å². The number of benzene rings is 4. The summed E-state index contributed by atoms with van der Waals surface area (Å²) in [5.41, 5.74) is 11.2. The highest BCUT2D eigenvalue weighted by atomic mass is 16.5. The molecule has 0 amide bonds. The Labute approximate surface area is 225 Å². The number of anilines is 1. The molecule has 0 heterocycles. The summed E-state index contributed by atoms with van der Waals surface area (Å²) >= 11 is 0. The Morgan fingerprint density at radius 3 is 2.29 bits per heavy atom. The average Bonchev–Trinajstić information content (AvgIpc) is 2.88. The first-order valence-corrected chi connectivity index (χ1v) is 13.9. The highest BCUT2D eigenvalue weighted by molar-refractivity contribution is 6.15. The summed E-state index contributed by atoms with van der Waals surface area (Å²) < 4.78 is 5.95. The van der Waals surface area contributed by atoms with E-state index in [0.29, 0.717) is 11.3 Å². The van der Waals surface area contributed by atoms with Gasteiger partial charge in [0.25, 0.3) is 0 Å². The van der Waals surface area contributed by atoms with Crippen LogP contribution in [0, 0.1) is 0 Å². The molecule has 1 saturated carbocycles. The molecule has 4 aromatic rings. The lowest BCUT2D eigenvalue weighted by atomic mass is 9.83. The van der Waals surface area contributed by atoms with Crippen LogP contribution in [-0.2, 0) is 10.2 Å². The highest BCUT2D eigenvalue weighted by Gasteiger charge is 2.27. The summed E-state index contributed by atoms with van der Waals surface area (Å²) in [7, 11) is 0. The largest absolute Gasteiger partial charge is 0.506 e. The van der Waals surface area contributed by atoms with Gasteiger partial charge in [0.15, 0.2) is 0 Å². The van der Waals surface area contributed by atoms with Crippen molar-refractivity contribution in [3.63, 3.8) is 0 Å². The predicted octanol–water partition coefficient (Wildman–Crippen LogP) is 8.86. The van der Waals surface area contributed by atoms with Gasteiger partial charge < -0.3 is 15.6 Å². The number of fused-ring (bicyclic) bond motifs is 2. The molecule has 4 aromatic carbocycles. The summed E-state index contributed by atoms with van der Waals surface area (Å²) in [5, 5.41) is 15.6. The molecule has 1 fully saturated rings. The van der Waals surface area contributed by atoms with Crippen LogP contribution in [0.3, 0.4) is 0 Å². The number of hydrogen-bond donors (Lipinski definition) is 2. The van der Waals surface area contributed by atoms with Crippen LogP contribution in [0.5, 0.6) is 5.75 Å². The number of aromatic hydroxyl groups is 1. The van der Waals surface area contributed by atoms with Crippen molar-refractivity contribution in [2.24, 2.45) is 0 Å². The van der Waals surface area contributed by atoms with E-state index in [9.17, 15) is 9.90 Å². The fourth-order valence-electron chi connectivity index (χ4n) is 5.80. The molecule has 0 radical (unpaired) electrons. The van der Waals surface area contributed by atoms with Gasteiger partial charge in [-0.2, -0.15) is 0 Å². The second-order valence-electron chi connectivity index (χ2n) is 12.1. The SMILES string of the molecule is CC(C)c1cc2ccccc2c(-c2c(O)c(C(=O)OC3CCCCC3)cc3cc(C(C)(C)C)ccc23)c1N. The summed E-state index contributed by atoms with van der Waals surface area (Å²) in [4.78, 5) is 13.6. The molecule has 0 atom stereocenters.